The van der Waals surface area contributed by atoms with Crippen LogP contribution in [0.3, 0.4) is 0 Å². The summed E-state index contributed by atoms with van der Waals surface area (Å²) in [6, 6.07) is 6.97. The van der Waals surface area contributed by atoms with Crippen LogP contribution in [0.25, 0.3) is 10.9 Å². The second kappa shape index (κ2) is 7.05. The molecule has 1 aromatic carbocycles. The van der Waals surface area contributed by atoms with Crippen LogP contribution in [0.15, 0.2) is 30.5 Å². The van der Waals surface area contributed by atoms with Gasteiger partial charge in [-0.1, -0.05) is 18.2 Å². The Morgan fingerprint density at radius 2 is 2.08 bits per heavy atom. The number of ether oxygens (including phenoxy) is 1. The zero-order valence-electron chi connectivity index (χ0n) is 13.8. The topological polar surface area (TPSA) is 71.8 Å². The number of carbonyl (C=O) groups is 2. The monoisotopic (exact) mass is 330 g/mol. The van der Waals surface area contributed by atoms with Gasteiger partial charge in [0.1, 0.15) is 6.04 Å². The number of amides is 1. The van der Waals surface area contributed by atoms with Gasteiger partial charge in [0.05, 0.1) is 12.2 Å². The first kappa shape index (κ1) is 16.5. The average molecular weight is 330 g/mol. The van der Waals surface area contributed by atoms with E-state index in [1.165, 1.54) is 4.90 Å². The van der Waals surface area contributed by atoms with Crippen molar-refractivity contribution in [3.05, 3.63) is 36.0 Å². The minimum absolute atomic E-state index is 0.200. The van der Waals surface area contributed by atoms with Crippen LogP contribution in [0.1, 0.15) is 29.6 Å². The largest absolute Gasteiger partial charge is 0.480 e. The van der Waals surface area contributed by atoms with Crippen molar-refractivity contribution in [3.8, 4) is 0 Å². The Balaban J connectivity index is 1.98. The number of piperidine rings is 1. The van der Waals surface area contributed by atoms with Crippen molar-refractivity contribution in [3.63, 3.8) is 0 Å². The van der Waals surface area contributed by atoms with E-state index in [-0.39, 0.29) is 5.91 Å². The van der Waals surface area contributed by atoms with E-state index >= 15 is 0 Å². The fraction of sp³-hybridized carbons (Fsp3) is 0.444. The quantitative estimate of drug-likeness (QED) is 0.913. The Labute approximate surface area is 140 Å². The number of likely N-dealkylation sites (tertiary alicyclic amines) is 1. The molecule has 0 radical (unpaired) electrons. The van der Waals surface area contributed by atoms with Gasteiger partial charge in [-0.25, -0.2) is 4.79 Å². The van der Waals surface area contributed by atoms with E-state index in [9.17, 15) is 14.7 Å². The first-order chi connectivity index (χ1) is 11.6. The van der Waals surface area contributed by atoms with Crippen LogP contribution in [0.5, 0.6) is 0 Å². The van der Waals surface area contributed by atoms with Crippen LogP contribution in [0, 0.1) is 0 Å². The maximum Gasteiger partial charge on any atom is 0.326 e. The third kappa shape index (κ3) is 3.01. The average Bonchev–Trinajstić information content (AvgIpc) is 2.98. The van der Waals surface area contributed by atoms with Gasteiger partial charge in [0.15, 0.2) is 0 Å². The summed E-state index contributed by atoms with van der Waals surface area (Å²) in [4.78, 5) is 26.0. The van der Waals surface area contributed by atoms with Crippen LogP contribution in [-0.4, -0.2) is 52.8 Å². The summed E-state index contributed by atoms with van der Waals surface area (Å²) in [5.41, 5.74) is 1.52. The second-order valence-corrected chi connectivity index (χ2v) is 6.09. The third-order valence-corrected chi connectivity index (χ3v) is 4.60. The highest BCUT2D eigenvalue weighted by atomic mass is 16.5. The predicted octanol–water partition coefficient (Wildman–Crippen LogP) is 2.37. The smallest absolute Gasteiger partial charge is 0.326 e. The molecule has 1 atom stereocenters. The Morgan fingerprint density at radius 3 is 2.83 bits per heavy atom. The van der Waals surface area contributed by atoms with Crippen LogP contribution in [0.2, 0.25) is 0 Å². The fourth-order valence-electron chi connectivity index (χ4n) is 3.38. The SMILES string of the molecule is COCCn1cc(C(=O)N2CCCC[C@@H]2C(=O)O)c2ccccc21. The van der Waals surface area contributed by atoms with E-state index in [0.29, 0.717) is 31.7 Å². The van der Waals surface area contributed by atoms with Crippen molar-refractivity contribution in [1.82, 2.24) is 9.47 Å². The van der Waals surface area contributed by atoms with Crippen molar-refractivity contribution in [2.45, 2.75) is 31.8 Å². The number of benzene rings is 1. The maximum atomic E-state index is 13.0. The summed E-state index contributed by atoms with van der Waals surface area (Å²) < 4.78 is 7.13. The van der Waals surface area contributed by atoms with Crippen LogP contribution < -0.4 is 0 Å². The lowest BCUT2D eigenvalue weighted by atomic mass is 10.0. The highest BCUT2D eigenvalue weighted by molar-refractivity contribution is 6.08. The lowest BCUT2D eigenvalue weighted by molar-refractivity contribution is -0.143. The van der Waals surface area contributed by atoms with E-state index in [1.54, 1.807) is 7.11 Å². The molecule has 2 heterocycles. The Kier molecular flexibility index (Phi) is 4.85. The van der Waals surface area contributed by atoms with Crippen molar-refractivity contribution in [2.75, 3.05) is 20.3 Å². The molecule has 1 saturated heterocycles. The number of aromatic nitrogens is 1. The summed E-state index contributed by atoms with van der Waals surface area (Å²) in [7, 11) is 1.64. The third-order valence-electron chi connectivity index (χ3n) is 4.60. The first-order valence-electron chi connectivity index (χ1n) is 8.24. The molecule has 1 aliphatic rings. The summed E-state index contributed by atoms with van der Waals surface area (Å²) in [6.07, 6.45) is 4.02. The fourth-order valence-corrected chi connectivity index (χ4v) is 3.38. The standard InChI is InChI=1S/C18H22N2O4/c1-24-11-10-19-12-14(13-6-2-3-7-15(13)19)17(21)20-9-5-4-8-16(20)18(22)23/h2-3,6-7,12,16H,4-5,8-11H2,1H3,(H,22,23)/t16-/m1/s1. The van der Waals surface area contributed by atoms with E-state index in [0.717, 1.165) is 23.7 Å². The zero-order valence-corrected chi connectivity index (χ0v) is 13.8. The van der Waals surface area contributed by atoms with Gasteiger partial charge in [0, 0.05) is 37.3 Å². The molecule has 128 valence electrons. The molecule has 24 heavy (non-hydrogen) atoms. The normalized spacial score (nSPS) is 18.0. The van der Waals surface area contributed by atoms with Crippen molar-refractivity contribution >= 4 is 22.8 Å². The van der Waals surface area contributed by atoms with Crippen LogP contribution in [0.4, 0.5) is 0 Å². The Morgan fingerprint density at radius 1 is 1.29 bits per heavy atom. The van der Waals surface area contributed by atoms with Gasteiger partial charge in [-0.3, -0.25) is 4.79 Å². The van der Waals surface area contributed by atoms with Gasteiger partial charge in [-0.05, 0) is 25.3 Å². The molecule has 1 N–H and O–H groups in total. The van der Waals surface area contributed by atoms with Gasteiger partial charge >= 0.3 is 5.97 Å². The number of hydrogen-bond acceptors (Lipinski definition) is 3. The summed E-state index contributed by atoms with van der Waals surface area (Å²) >= 11 is 0. The molecule has 1 aromatic heterocycles. The van der Waals surface area contributed by atoms with Crippen molar-refractivity contribution in [1.29, 1.82) is 0 Å². The number of aliphatic carboxylic acids is 1. The molecule has 0 bridgehead atoms. The molecule has 6 heteroatoms. The zero-order chi connectivity index (χ0) is 17.1. The molecule has 0 unspecified atom stereocenters. The predicted molar refractivity (Wildman–Crippen MR) is 90.1 cm³/mol. The minimum Gasteiger partial charge on any atom is -0.480 e. The number of carboxylic acids is 1. The highest BCUT2D eigenvalue weighted by Gasteiger charge is 2.33. The Bertz CT molecular complexity index is 753. The molecular formula is C18H22N2O4. The molecule has 1 amide bonds. The summed E-state index contributed by atoms with van der Waals surface area (Å²) in [5, 5.41) is 10.3. The number of para-hydroxylation sites is 1. The Hall–Kier alpha value is -2.34. The molecular weight excluding hydrogens is 308 g/mol. The number of nitrogens with zero attached hydrogens (tertiary/aromatic N) is 2. The minimum atomic E-state index is -0.925. The van der Waals surface area contributed by atoms with E-state index in [2.05, 4.69) is 0 Å². The second-order valence-electron chi connectivity index (χ2n) is 6.09. The molecule has 1 aliphatic heterocycles. The lowest BCUT2D eigenvalue weighted by Gasteiger charge is -2.32. The summed E-state index contributed by atoms with van der Waals surface area (Å²) in [6.45, 7) is 1.69. The maximum absolute atomic E-state index is 13.0. The van der Waals surface area contributed by atoms with E-state index in [4.69, 9.17) is 4.74 Å². The first-order valence-corrected chi connectivity index (χ1v) is 8.24. The molecule has 1 fully saturated rings. The van der Waals surface area contributed by atoms with Crippen molar-refractivity contribution < 1.29 is 19.4 Å². The van der Waals surface area contributed by atoms with Crippen LogP contribution in [-0.2, 0) is 16.1 Å². The molecule has 2 aromatic rings. The molecule has 0 aliphatic carbocycles. The number of rotatable bonds is 5. The van der Waals surface area contributed by atoms with Crippen molar-refractivity contribution in [2.24, 2.45) is 0 Å². The van der Waals surface area contributed by atoms with Gasteiger partial charge in [-0.15, -0.1) is 0 Å². The van der Waals surface area contributed by atoms with Gasteiger partial charge in [-0.2, -0.15) is 0 Å². The molecule has 3 rings (SSSR count). The number of carbonyl (C=O) groups excluding carboxylic acids is 1. The highest BCUT2D eigenvalue weighted by Crippen LogP contribution is 2.26. The number of methoxy groups -OCH3 is 1. The lowest BCUT2D eigenvalue weighted by Crippen LogP contribution is -2.47. The van der Waals surface area contributed by atoms with E-state index in [1.807, 2.05) is 35.0 Å². The summed E-state index contributed by atoms with van der Waals surface area (Å²) in [5.74, 6) is -1.12. The van der Waals surface area contributed by atoms with Gasteiger partial charge in [0.2, 0.25) is 0 Å². The number of hydrogen-bond donors (Lipinski definition) is 1. The molecule has 0 saturated carbocycles. The molecule has 6 nitrogen and oxygen atoms in total. The van der Waals surface area contributed by atoms with Crippen LogP contribution >= 0.6 is 0 Å². The van der Waals surface area contributed by atoms with E-state index < -0.39 is 12.0 Å². The number of fused-ring (bicyclic) bond motifs is 1. The molecule has 0 spiro atoms. The van der Waals surface area contributed by atoms with Gasteiger partial charge < -0.3 is 19.3 Å². The van der Waals surface area contributed by atoms with Gasteiger partial charge in [0.25, 0.3) is 5.91 Å². The number of carboxylic acid groups (broad SMARTS) is 1.